The maximum Gasteiger partial charge on any atom is 0.0227 e. The lowest BCUT2D eigenvalue weighted by Gasteiger charge is -2.10. The van der Waals surface area contributed by atoms with E-state index in [0.29, 0.717) is 6.04 Å². The second-order valence-corrected chi connectivity index (χ2v) is 5.95. The van der Waals surface area contributed by atoms with Crippen molar-refractivity contribution in [1.82, 2.24) is 5.32 Å². The summed E-state index contributed by atoms with van der Waals surface area (Å²) in [5.74, 6) is 0. The van der Waals surface area contributed by atoms with Crippen LogP contribution in [0.5, 0.6) is 0 Å². The van der Waals surface area contributed by atoms with Gasteiger partial charge >= 0.3 is 0 Å². The molecule has 0 saturated carbocycles. The van der Waals surface area contributed by atoms with Gasteiger partial charge in [-0.2, -0.15) is 0 Å². The molecule has 1 atom stereocenters. The van der Waals surface area contributed by atoms with Crippen LogP contribution in [0.3, 0.4) is 0 Å². The van der Waals surface area contributed by atoms with Gasteiger partial charge in [-0.05, 0) is 19.5 Å². The molecule has 0 aromatic carbocycles. The van der Waals surface area contributed by atoms with Crippen LogP contribution in [-0.2, 0) is 0 Å². The molecule has 0 fully saturated rings. The van der Waals surface area contributed by atoms with Crippen molar-refractivity contribution in [2.24, 2.45) is 0 Å². The van der Waals surface area contributed by atoms with Gasteiger partial charge in [0.05, 0.1) is 0 Å². The minimum atomic E-state index is 0.598. The van der Waals surface area contributed by atoms with E-state index in [-0.39, 0.29) is 0 Å². The molecule has 114 valence electrons. The van der Waals surface area contributed by atoms with Gasteiger partial charge in [-0.25, -0.2) is 0 Å². The number of hydrogen-bond donors (Lipinski definition) is 1. The van der Waals surface area contributed by atoms with Crippen molar-refractivity contribution in [3.05, 3.63) is 12.8 Å². The van der Waals surface area contributed by atoms with Crippen LogP contribution < -0.4 is 5.32 Å². The molecule has 0 spiro atoms. The Bertz CT molecular complexity index is 177. The van der Waals surface area contributed by atoms with Gasteiger partial charge in [-0.3, -0.25) is 0 Å². The third kappa shape index (κ3) is 15.5. The SMILES string of the molecule is C=CNC(C)CCCCCCCCCCCCCC. The Balaban J connectivity index is 3.00. The van der Waals surface area contributed by atoms with Gasteiger partial charge in [-0.1, -0.05) is 90.6 Å². The lowest BCUT2D eigenvalue weighted by molar-refractivity contribution is 0.509. The molecule has 0 aliphatic rings. The van der Waals surface area contributed by atoms with Crippen LogP contribution in [0.15, 0.2) is 12.8 Å². The third-order valence-corrected chi connectivity index (χ3v) is 3.89. The number of unbranched alkanes of at least 4 members (excludes halogenated alkanes) is 11. The average Bonchev–Trinajstić information content (AvgIpc) is 2.40. The minimum absolute atomic E-state index is 0.598. The zero-order valence-corrected chi connectivity index (χ0v) is 13.6. The molecule has 0 rings (SSSR count). The Labute approximate surface area is 122 Å². The van der Waals surface area contributed by atoms with Crippen molar-refractivity contribution in [3.63, 3.8) is 0 Å². The Morgan fingerprint density at radius 3 is 1.63 bits per heavy atom. The summed E-state index contributed by atoms with van der Waals surface area (Å²) in [7, 11) is 0. The molecule has 0 radical (unpaired) electrons. The lowest BCUT2D eigenvalue weighted by Crippen LogP contribution is -2.19. The van der Waals surface area contributed by atoms with Crippen molar-refractivity contribution in [3.8, 4) is 0 Å². The first kappa shape index (κ1) is 18.5. The van der Waals surface area contributed by atoms with Crippen LogP contribution in [0.2, 0.25) is 0 Å². The van der Waals surface area contributed by atoms with Gasteiger partial charge in [0, 0.05) is 6.04 Å². The van der Waals surface area contributed by atoms with Crippen LogP contribution in [0.25, 0.3) is 0 Å². The smallest absolute Gasteiger partial charge is 0.0227 e. The van der Waals surface area contributed by atoms with E-state index in [0.717, 1.165) is 0 Å². The molecule has 1 unspecified atom stereocenters. The quantitative estimate of drug-likeness (QED) is 0.348. The summed E-state index contributed by atoms with van der Waals surface area (Å²) in [6, 6.07) is 0.598. The Kier molecular flexibility index (Phi) is 15.2. The van der Waals surface area contributed by atoms with E-state index in [1.54, 1.807) is 0 Å². The first-order valence-corrected chi connectivity index (χ1v) is 8.68. The number of rotatable bonds is 15. The summed E-state index contributed by atoms with van der Waals surface area (Å²) in [6.45, 7) is 8.22. The molecule has 0 aliphatic carbocycles. The van der Waals surface area contributed by atoms with Crippen molar-refractivity contribution in [1.29, 1.82) is 0 Å². The molecule has 0 aliphatic heterocycles. The molecule has 0 saturated heterocycles. The standard InChI is InChI=1S/C18H37N/c1-4-6-7-8-9-10-11-12-13-14-15-16-17-18(3)19-5-2/h5,18-19H,2,4,6-17H2,1,3H3. The van der Waals surface area contributed by atoms with Gasteiger partial charge in [0.25, 0.3) is 0 Å². The maximum atomic E-state index is 3.70. The fraction of sp³-hybridized carbons (Fsp3) is 0.889. The molecule has 0 amide bonds. The Morgan fingerprint density at radius 1 is 0.789 bits per heavy atom. The topological polar surface area (TPSA) is 12.0 Å². The monoisotopic (exact) mass is 267 g/mol. The maximum absolute atomic E-state index is 3.70. The van der Waals surface area contributed by atoms with Gasteiger partial charge < -0.3 is 5.32 Å². The van der Waals surface area contributed by atoms with Gasteiger partial charge in [0.15, 0.2) is 0 Å². The molecule has 0 heterocycles. The zero-order chi connectivity index (χ0) is 14.2. The van der Waals surface area contributed by atoms with E-state index in [4.69, 9.17) is 0 Å². The zero-order valence-electron chi connectivity index (χ0n) is 13.6. The van der Waals surface area contributed by atoms with Crippen LogP contribution in [0.4, 0.5) is 0 Å². The molecular weight excluding hydrogens is 230 g/mol. The molecule has 1 N–H and O–H groups in total. The van der Waals surface area contributed by atoms with E-state index in [9.17, 15) is 0 Å². The van der Waals surface area contributed by atoms with Gasteiger partial charge in [0.1, 0.15) is 0 Å². The largest absolute Gasteiger partial charge is 0.389 e. The summed E-state index contributed by atoms with van der Waals surface area (Å²) in [5, 5.41) is 3.25. The Morgan fingerprint density at radius 2 is 1.21 bits per heavy atom. The molecular formula is C18H37N. The summed E-state index contributed by atoms with van der Waals surface area (Å²) in [5.41, 5.74) is 0. The third-order valence-electron chi connectivity index (χ3n) is 3.89. The van der Waals surface area contributed by atoms with Crippen LogP contribution in [0.1, 0.15) is 97.3 Å². The van der Waals surface area contributed by atoms with Crippen LogP contribution in [-0.4, -0.2) is 6.04 Å². The molecule has 0 aromatic heterocycles. The first-order chi connectivity index (χ1) is 9.31. The minimum Gasteiger partial charge on any atom is -0.389 e. The molecule has 1 nitrogen and oxygen atoms in total. The summed E-state index contributed by atoms with van der Waals surface area (Å²) in [4.78, 5) is 0. The highest BCUT2D eigenvalue weighted by atomic mass is 14.9. The summed E-state index contributed by atoms with van der Waals surface area (Å²) < 4.78 is 0. The first-order valence-electron chi connectivity index (χ1n) is 8.68. The van der Waals surface area contributed by atoms with Crippen molar-refractivity contribution in [2.75, 3.05) is 0 Å². The van der Waals surface area contributed by atoms with E-state index in [2.05, 4.69) is 25.7 Å². The van der Waals surface area contributed by atoms with E-state index in [1.165, 1.54) is 83.5 Å². The lowest BCUT2D eigenvalue weighted by atomic mass is 10.0. The predicted molar refractivity (Wildman–Crippen MR) is 88.5 cm³/mol. The Hall–Kier alpha value is -0.460. The van der Waals surface area contributed by atoms with Crippen LogP contribution >= 0.6 is 0 Å². The van der Waals surface area contributed by atoms with E-state index < -0.39 is 0 Å². The van der Waals surface area contributed by atoms with Gasteiger partial charge in [0.2, 0.25) is 0 Å². The molecule has 0 aromatic rings. The molecule has 0 bridgehead atoms. The molecule has 1 heteroatoms. The highest BCUT2D eigenvalue weighted by molar-refractivity contribution is 4.69. The van der Waals surface area contributed by atoms with Crippen molar-refractivity contribution >= 4 is 0 Å². The van der Waals surface area contributed by atoms with Gasteiger partial charge in [-0.15, -0.1) is 0 Å². The van der Waals surface area contributed by atoms with E-state index in [1.807, 2.05) is 6.20 Å². The van der Waals surface area contributed by atoms with Crippen molar-refractivity contribution in [2.45, 2.75) is 103 Å². The van der Waals surface area contributed by atoms with Crippen LogP contribution in [0, 0.1) is 0 Å². The highest BCUT2D eigenvalue weighted by Gasteiger charge is 1.98. The van der Waals surface area contributed by atoms with E-state index >= 15 is 0 Å². The summed E-state index contributed by atoms with van der Waals surface area (Å²) >= 11 is 0. The fourth-order valence-electron chi connectivity index (χ4n) is 2.58. The number of nitrogens with one attached hydrogen (secondary N) is 1. The normalized spacial score (nSPS) is 12.3. The molecule has 19 heavy (non-hydrogen) atoms. The highest BCUT2D eigenvalue weighted by Crippen LogP contribution is 2.12. The number of hydrogen-bond acceptors (Lipinski definition) is 1. The predicted octanol–water partition coefficient (Wildman–Crippen LogP) is 6.20. The average molecular weight is 268 g/mol. The fourth-order valence-corrected chi connectivity index (χ4v) is 2.58. The second-order valence-electron chi connectivity index (χ2n) is 5.95. The second kappa shape index (κ2) is 15.6. The summed E-state index contributed by atoms with van der Waals surface area (Å²) in [6.07, 6.45) is 20.3. The van der Waals surface area contributed by atoms with Crippen molar-refractivity contribution < 1.29 is 0 Å².